The maximum Gasteiger partial charge on any atom is 0.224 e. The Kier molecular flexibility index (Phi) is 4.62. The molecule has 0 atom stereocenters. The molecular weight excluding hydrogens is 274 g/mol. The molecule has 0 aromatic carbocycles. The van der Waals surface area contributed by atoms with E-state index in [4.69, 9.17) is 4.98 Å². The lowest BCUT2D eigenvalue weighted by molar-refractivity contribution is 0.405. The van der Waals surface area contributed by atoms with Crippen molar-refractivity contribution in [1.29, 1.82) is 0 Å². The lowest BCUT2D eigenvalue weighted by atomic mass is 10.2. The molecule has 0 saturated heterocycles. The molecule has 120 valence electrons. The number of hydrogen-bond donors (Lipinski definition) is 1. The molecule has 2 aromatic heterocycles. The average molecular weight is 301 g/mol. The van der Waals surface area contributed by atoms with Gasteiger partial charge >= 0.3 is 0 Å². The molecule has 0 unspecified atom stereocenters. The molecule has 0 amide bonds. The quantitative estimate of drug-likeness (QED) is 0.832. The molecule has 1 fully saturated rings. The highest BCUT2D eigenvalue weighted by Crippen LogP contribution is 2.33. The first-order valence-electron chi connectivity index (χ1n) is 8.38. The fourth-order valence-electron chi connectivity index (χ4n) is 3.33. The van der Waals surface area contributed by atoms with Crippen molar-refractivity contribution in [2.75, 3.05) is 32.5 Å². The van der Waals surface area contributed by atoms with E-state index in [1.54, 1.807) is 0 Å². The van der Waals surface area contributed by atoms with Crippen LogP contribution >= 0.6 is 0 Å². The first kappa shape index (κ1) is 15.3. The summed E-state index contributed by atoms with van der Waals surface area (Å²) in [6, 6.07) is 0.618. The maximum atomic E-state index is 4.78. The normalized spacial score (nSPS) is 16.0. The second-order valence-corrected chi connectivity index (χ2v) is 6.67. The van der Waals surface area contributed by atoms with Gasteiger partial charge < -0.3 is 14.8 Å². The molecule has 5 nitrogen and oxygen atoms in total. The zero-order chi connectivity index (χ0) is 15.5. The van der Waals surface area contributed by atoms with E-state index in [-0.39, 0.29) is 0 Å². The Morgan fingerprint density at radius 1 is 1.32 bits per heavy atom. The molecule has 1 aliphatic carbocycles. The standard InChI is InChI=1S/C17H27N5/c1-13-12-22(14-7-4-5-8-14)16-15(13)11-19-17(20-16)18-9-6-10-21(2)3/h11-12,14H,4-10H2,1-3H3,(H,18,19,20). The second-order valence-electron chi connectivity index (χ2n) is 6.67. The van der Waals surface area contributed by atoms with Crippen LogP contribution in [0.25, 0.3) is 11.0 Å². The van der Waals surface area contributed by atoms with Gasteiger partial charge in [0.25, 0.3) is 0 Å². The number of nitrogens with zero attached hydrogens (tertiary/aromatic N) is 4. The fourth-order valence-corrected chi connectivity index (χ4v) is 3.33. The van der Waals surface area contributed by atoms with Crippen LogP contribution in [0.3, 0.4) is 0 Å². The van der Waals surface area contributed by atoms with Gasteiger partial charge in [0.1, 0.15) is 5.65 Å². The third kappa shape index (κ3) is 3.24. The van der Waals surface area contributed by atoms with Crippen LogP contribution in [0.15, 0.2) is 12.4 Å². The van der Waals surface area contributed by atoms with Crippen LogP contribution in [0.5, 0.6) is 0 Å². The van der Waals surface area contributed by atoms with Crippen molar-refractivity contribution in [3.05, 3.63) is 18.0 Å². The van der Waals surface area contributed by atoms with Gasteiger partial charge in [0.05, 0.1) is 0 Å². The molecule has 0 bridgehead atoms. The van der Waals surface area contributed by atoms with Gasteiger partial charge in [-0.15, -0.1) is 0 Å². The summed E-state index contributed by atoms with van der Waals surface area (Å²) in [6.07, 6.45) is 10.5. The molecule has 1 saturated carbocycles. The molecule has 0 radical (unpaired) electrons. The van der Waals surface area contributed by atoms with Crippen molar-refractivity contribution in [3.63, 3.8) is 0 Å². The number of hydrogen-bond acceptors (Lipinski definition) is 4. The van der Waals surface area contributed by atoms with Gasteiger partial charge in [0, 0.05) is 30.4 Å². The fraction of sp³-hybridized carbons (Fsp3) is 0.647. The van der Waals surface area contributed by atoms with Crippen LogP contribution in [-0.4, -0.2) is 46.6 Å². The highest BCUT2D eigenvalue weighted by Gasteiger charge is 2.20. The molecule has 1 aliphatic rings. The molecule has 22 heavy (non-hydrogen) atoms. The summed E-state index contributed by atoms with van der Waals surface area (Å²) >= 11 is 0. The molecule has 2 heterocycles. The SMILES string of the molecule is Cc1cn(C2CCCC2)c2nc(NCCCN(C)C)ncc12. The maximum absolute atomic E-state index is 4.78. The van der Waals surface area contributed by atoms with E-state index in [2.05, 4.69) is 47.0 Å². The summed E-state index contributed by atoms with van der Waals surface area (Å²) in [6.45, 7) is 4.14. The number of fused-ring (bicyclic) bond motifs is 1. The molecular formula is C17H27N5. The molecule has 2 aromatic rings. The lowest BCUT2D eigenvalue weighted by Gasteiger charge is -2.13. The molecule has 5 heteroatoms. The largest absolute Gasteiger partial charge is 0.354 e. The third-order valence-corrected chi connectivity index (χ3v) is 4.55. The summed E-state index contributed by atoms with van der Waals surface area (Å²) in [4.78, 5) is 11.5. The van der Waals surface area contributed by atoms with Crippen molar-refractivity contribution in [2.45, 2.75) is 45.1 Å². The smallest absolute Gasteiger partial charge is 0.224 e. The Morgan fingerprint density at radius 2 is 2.09 bits per heavy atom. The van der Waals surface area contributed by atoms with Gasteiger partial charge in [-0.1, -0.05) is 12.8 Å². The van der Waals surface area contributed by atoms with Crippen LogP contribution in [0.2, 0.25) is 0 Å². The highest BCUT2D eigenvalue weighted by atomic mass is 15.2. The number of aromatic nitrogens is 3. The Hall–Kier alpha value is -1.62. The third-order valence-electron chi connectivity index (χ3n) is 4.55. The number of nitrogens with one attached hydrogen (secondary N) is 1. The van der Waals surface area contributed by atoms with Crippen molar-refractivity contribution in [1.82, 2.24) is 19.4 Å². The van der Waals surface area contributed by atoms with Crippen LogP contribution in [0.1, 0.15) is 43.7 Å². The van der Waals surface area contributed by atoms with Gasteiger partial charge in [-0.05, 0) is 52.4 Å². The molecule has 0 aliphatic heterocycles. The minimum Gasteiger partial charge on any atom is -0.354 e. The Morgan fingerprint density at radius 3 is 2.82 bits per heavy atom. The lowest BCUT2D eigenvalue weighted by Crippen LogP contribution is -2.17. The van der Waals surface area contributed by atoms with E-state index in [0.717, 1.165) is 31.1 Å². The van der Waals surface area contributed by atoms with Gasteiger partial charge in [0.2, 0.25) is 5.95 Å². The van der Waals surface area contributed by atoms with E-state index in [1.165, 1.54) is 36.6 Å². The van der Waals surface area contributed by atoms with Gasteiger partial charge in [-0.25, -0.2) is 4.98 Å². The monoisotopic (exact) mass is 301 g/mol. The summed E-state index contributed by atoms with van der Waals surface area (Å²) in [5, 5.41) is 4.54. The molecule has 3 rings (SSSR count). The first-order chi connectivity index (χ1) is 10.6. The minimum absolute atomic E-state index is 0.618. The summed E-state index contributed by atoms with van der Waals surface area (Å²) in [5.74, 6) is 0.753. The minimum atomic E-state index is 0.618. The van der Waals surface area contributed by atoms with Crippen molar-refractivity contribution < 1.29 is 0 Å². The Bertz CT molecular complexity index is 625. The number of aryl methyl sites for hydroxylation is 1. The van der Waals surface area contributed by atoms with Crippen LogP contribution < -0.4 is 5.32 Å². The zero-order valence-electron chi connectivity index (χ0n) is 14.0. The Labute approximate surface area is 132 Å². The molecule has 0 spiro atoms. The van der Waals surface area contributed by atoms with Crippen LogP contribution in [-0.2, 0) is 0 Å². The van der Waals surface area contributed by atoms with E-state index in [0.29, 0.717) is 6.04 Å². The van der Waals surface area contributed by atoms with E-state index in [1.807, 2.05) is 6.20 Å². The van der Waals surface area contributed by atoms with Crippen molar-refractivity contribution in [2.24, 2.45) is 0 Å². The van der Waals surface area contributed by atoms with E-state index in [9.17, 15) is 0 Å². The van der Waals surface area contributed by atoms with Gasteiger partial charge in [0.15, 0.2) is 0 Å². The first-order valence-corrected chi connectivity index (χ1v) is 8.38. The number of anilines is 1. The second kappa shape index (κ2) is 6.65. The van der Waals surface area contributed by atoms with E-state index >= 15 is 0 Å². The van der Waals surface area contributed by atoms with Crippen molar-refractivity contribution in [3.8, 4) is 0 Å². The average Bonchev–Trinajstić information content (AvgIpc) is 3.12. The predicted molar refractivity (Wildman–Crippen MR) is 91.4 cm³/mol. The molecule has 1 N–H and O–H groups in total. The number of rotatable bonds is 6. The topological polar surface area (TPSA) is 46.0 Å². The van der Waals surface area contributed by atoms with Gasteiger partial charge in [-0.2, -0.15) is 4.98 Å². The summed E-state index contributed by atoms with van der Waals surface area (Å²) < 4.78 is 2.38. The zero-order valence-corrected chi connectivity index (χ0v) is 14.0. The van der Waals surface area contributed by atoms with Gasteiger partial charge in [-0.3, -0.25) is 0 Å². The highest BCUT2D eigenvalue weighted by molar-refractivity contribution is 5.80. The van der Waals surface area contributed by atoms with Crippen LogP contribution in [0, 0.1) is 6.92 Å². The Balaban J connectivity index is 1.77. The summed E-state index contributed by atoms with van der Waals surface area (Å²) in [7, 11) is 4.19. The van der Waals surface area contributed by atoms with E-state index < -0.39 is 0 Å². The predicted octanol–water partition coefficient (Wildman–Crippen LogP) is 3.22. The van der Waals surface area contributed by atoms with Crippen molar-refractivity contribution >= 4 is 17.0 Å². The van der Waals surface area contributed by atoms with Crippen LogP contribution in [0.4, 0.5) is 5.95 Å². The summed E-state index contributed by atoms with van der Waals surface area (Å²) in [5.41, 5.74) is 2.37.